The van der Waals surface area contributed by atoms with Crippen LogP contribution in [-0.2, 0) is 9.09 Å². The second-order valence-electron chi connectivity index (χ2n) is 3.41. The van der Waals surface area contributed by atoms with Crippen molar-refractivity contribution >= 4 is 7.82 Å². The van der Waals surface area contributed by atoms with Crippen LogP contribution in [0.4, 0.5) is 0 Å². The van der Waals surface area contributed by atoms with Gasteiger partial charge >= 0.3 is 7.82 Å². The fraction of sp³-hybridized carbons (Fsp3) is 1.00. The summed E-state index contributed by atoms with van der Waals surface area (Å²) < 4.78 is 14.6. The average Bonchev–Trinajstić information content (AvgIpc) is 2.08. The number of hydrogen-bond acceptors (Lipinski definition) is 6. The molecule has 0 saturated heterocycles. The summed E-state index contributed by atoms with van der Waals surface area (Å²) >= 11 is 0. The first-order valence-corrected chi connectivity index (χ1v) is 5.71. The highest BCUT2D eigenvalue weighted by atomic mass is 31.2. The van der Waals surface area contributed by atoms with E-state index in [9.17, 15) is 19.9 Å². The zero-order valence-corrected chi connectivity index (χ0v) is 8.44. The first kappa shape index (κ1) is 13.0. The molecule has 0 amide bonds. The molecule has 1 aliphatic rings. The molecular weight excluding hydrogens is 231 g/mol. The van der Waals surface area contributed by atoms with Crippen molar-refractivity contribution in [2.75, 3.05) is 0 Å². The van der Waals surface area contributed by atoms with Crippen LogP contribution in [0.5, 0.6) is 0 Å². The van der Waals surface area contributed by atoms with Crippen molar-refractivity contribution in [3.63, 3.8) is 0 Å². The summed E-state index contributed by atoms with van der Waals surface area (Å²) in [6.45, 7) is 0. The molecule has 0 spiro atoms. The maximum atomic E-state index is 10.5. The van der Waals surface area contributed by atoms with Gasteiger partial charge in [0.25, 0.3) is 0 Å². The normalized spacial score (nSPS) is 42.9. The molecule has 8 nitrogen and oxygen atoms in total. The topological polar surface area (TPSA) is 148 Å². The van der Waals surface area contributed by atoms with Crippen molar-refractivity contribution in [1.29, 1.82) is 0 Å². The number of rotatable bonds is 2. The van der Waals surface area contributed by atoms with Crippen LogP contribution in [0, 0.1) is 0 Å². The third-order valence-corrected chi connectivity index (χ3v) is 2.77. The zero-order valence-electron chi connectivity index (χ0n) is 7.54. The molecule has 0 unspecified atom stereocenters. The summed E-state index contributed by atoms with van der Waals surface area (Å²) in [6.07, 6.45) is -8.11. The monoisotopic (exact) mass is 244 g/mol. The van der Waals surface area contributed by atoms with Crippen LogP contribution in [0.3, 0.4) is 0 Å². The molecule has 9 heteroatoms. The Morgan fingerprint density at radius 3 is 2.00 bits per heavy atom. The van der Waals surface area contributed by atoms with E-state index in [0.717, 1.165) is 0 Å². The quantitative estimate of drug-likeness (QED) is 0.288. The molecule has 0 aliphatic heterocycles. The van der Waals surface area contributed by atoms with Gasteiger partial charge in [-0.25, -0.2) is 4.57 Å². The third-order valence-electron chi connectivity index (χ3n) is 2.22. The van der Waals surface area contributed by atoms with Crippen molar-refractivity contribution in [3.05, 3.63) is 0 Å². The lowest BCUT2D eigenvalue weighted by Crippen LogP contribution is -2.56. The Balaban J connectivity index is 2.71. The highest BCUT2D eigenvalue weighted by molar-refractivity contribution is 7.46. The Morgan fingerprint density at radius 1 is 1.00 bits per heavy atom. The summed E-state index contributed by atoms with van der Waals surface area (Å²) in [4.78, 5) is 17.0. The van der Waals surface area contributed by atoms with Crippen molar-refractivity contribution in [2.45, 2.75) is 36.9 Å². The molecule has 1 saturated carbocycles. The largest absolute Gasteiger partial charge is 0.469 e. The lowest BCUT2D eigenvalue weighted by atomic mass is 9.87. The Kier molecular flexibility index (Phi) is 3.85. The number of aliphatic hydroxyl groups excluding tert-OH is 4. The van der Waals surface area contributed by atoms with Gasteiger partial charge < -0.3 is 30.2 Å². The van der Waals surface area contributed by atoms with Crippen molar-refractivity contribution in [3.8, 4) is 0 Å². The van der Waals surface area contributed by atoms with Gasteiger partial charge in [0.2, 0.25) is 0 Å². The lowest BCUT2D eigenvalue weighted by molar-refractivity contribution is -0.173. The molecule has 0 aromatic rings. The minimum atomic E-state index is -4.81. The molecule has 5 atom stereocenters. The van der Waals surface area contributed by atoms with Crippen LogP contribution in [0.1, 0.15) is 6.42 Å². The molecule has 0 bridgehead atoms. The first-order valence-electron chi connectivity index (χ1n) is 4.18. The average molecular weight is 244 g/mol. The van der Waals surface area contributed by atoms with Gasteiger partial charge in [0, 0.05) is 6.42 Å². The van der Waals surface area contributed by atoms with Crippen LogP contribution in [0.2, 0.25) is 0 Å². The summed E-state index contributed by atoms with van der Waals surface area (Å²) in [5.74, 6) is 0. The van der Waals surface area contributed by atoms with Crippen molar-refractivity contribution in [2.24, 2.45) is 0 Å². The van der Waals surface area contributed by atoms with E-state index >= 15 is 0 Å². The van der Waals surface area contributed by atoms with E-state index in [1.165, 1.54) is 0 Å². The second-order valence-corrected chi connectivity index (χ2v) is 4.60. The Labute approximate surface area is 85.0 Å². The Hall–Kier alpha value is -0.0500. The van der Waals surface area contributed by atoms with E-state index in [1.807, 2.05) is 0 Å². The highest BCUT2D eigenvalue weighted by Crippen LogP contribution is 2.41. The van der Waals surface area contributed by atoms with E-state index in [4.69, 9.17) is 14.9 Å². The van der Waals surface area contributed by atoms with Crippen LogP contribution < -0.4 is 0 Å². The van der Waals surface area contributed by atoms with Crippen molar-refractivity contribution < 1.29 is 39.3 Å². The molecule has 0 heterocycles. The third kappa shape index (κ3) is 3.20. The van der Waals surface area contributed by atoms with Gasteiger partial charge in [-0.15, -0.1) is 0 Å². The lowest BCUT2D eigenvalue weighted by Gasteiger charge is -2.37. The Morgan fingerprint density at radius 2 is 1.53 bits per heavy atom. The summed E-state index contributed by atoms with van der Waals surface area (Å²) in [5, 5.41) is 36.8. The van der Waals surface area contributed by atoms with Gasteiger partial charge in [-0.05, 0) is 0 Å². The number of aliphatic hydroxyl groups is 4. The number of phosphoric ester groups is 1. The molecule has 1 fully saturated rings. The van der Waals surface area contributed by atoms with Gasteiger partial charge in [0.05, 0.1) is 6.10 Å². The highest BCUT2D eigenvalue weighted by Gasteiger charge is 2.44. The van der Waals surface area contributed by atoms with Crippen LogP contribution in [0.25, 0.3) is 0 Å². The van der Waals surface area contributed by atoms with E-state index in [1.54, 1.807) is 0 Å². The maximum Gasteiger partial charge on any atom is 0.469 e. The van der Waals surface area contributed by atoms with Gasteiger partial charge in [-0.1, -0.05) is 0 Å². The molecule has 0 aromatic carbocycles. The summed E-state index contributed by atoms with van der Waals surface area (Å²) in [7, 11) is -4.81. The SMILES string of the molecule is O=P(O)(O)O[C@@H]1C[C@H](O)[C@@H](O)[C@H](O)[C@H]1O. The molecule has 1 rings (SSSR count). The van der Waals surface area contributed by atoms with Gasteiger partial charge in [0.15, 0.2) is 0 Å². The predicted octanol–water partition coefficient (Wildman–Crippen LogP) is -2.69. The van der Waals surface area contributed by atoms with Gasteiger partial charge in [-0.2, -0.15) is 0 Å². The van der Waals surface area contributed by atoms with Crippen molar-refractivity contribution in [1.82, 2.24) is 0 Å². The first-order chi connectivity index (χ1) is 6.72. The van der Waals surface area contributed by atoms with E-state index in [0.29, 0.717) is 0 Å². The van der Waals surface area contributed by atoms with Crippen LogP contribution in [-0.4, -0.2) is 60.7 Å². The maximum absolute atomic E-state index is 10.5. The Bertz CT molecular complexity index is 264. The smallest absolute Gasteiger partial charge is 0.390 e. The summed E-state index contributed by atoms with van der Waals surface area (Å²) in [5.41, 5.74) is 0. The van der Waals surface area contributed by atoms with E-state index < -0.39 is 38.3 Å². The van der Waals surface area contributed by atoms with E-state index in [2.05, 4.69) is 4.52 Å². The second kappa shape index (κ2) is 4.44. The fourth-order valence-corrected chi connectivity index (χ4v) is 2.01. The minimum absolute atomic E-state index is 0.371. The predicted molar refractivity (Wildman–Crippen MR) is 45.6 cm³/mol. The molecule has 90 valence electrons. The van der Waals surface area contributed by atoms with Crippen LogP contribution >= 0.6 is 7.82 Å². The standard InChI is InChI=1S/C6H13O8P/c7-2-1-3(14-15(11,12)13)5(9)6(10)4(2)8/h2-10H,1H2,(H2,11,12,13)/t2-,3+,4+,5-,6-/m0/s1. The number of phosphoric acid groups is 1. The van der Waals surface area contributed by atoms with E-state index in [-0.39, 0.29) is 6.42 Å². The van der Waals surface area contributed by atoms with Gasteiger partial charge in [0.1, 0.15) is 24.4 Å². The molecule has 0 radical (unpaired) electrons. The number of hydrogen-bond donors (Lipinski definition) is 6. The molecule has 15 heavy (non-hydrogen) atoms. The molecule has 0 aromatic heterocycles. The van der Waals surface area contributed by atoms with Crippen LogP contribution in [0.15, 0.2) is 0 Å². The fourth-order valence-electron chi connectivity index (χ4n) is 1.45. The minimum Gasteiger partial charge on any atom is -0.390 e. The zero-order chi connectivity index (χ0) is 11.8. The molecule has 1 aliphatic carbocycles. The molecule has 6 N–H and O–H groups in total. The van der Waals surface area contributed by atoms with Gasteiger partial charge in [-0.3, -0.25) is 4.52 Å². The molecular formula is C6H13O8P. The summed E-state index contributed by atoms with van der Waals surface area (Å²) in [6, 6.07) is 0.